The first-order chi connectivity index (χ1) is 13.5. The van der Waals surface area contributed by atoms with Gasteiger partial charge in [0.15, 0.2) is 0 Å². The fraction of sp³-hybridized carbons (Fsp3) is 0.619. The van der Waals surface area contributed by atoms with Crippen molar-refractivity contribution in [3.05, 3.63) is 29.8 Å². The molecule has 0 radical (unpaired) electrons. The van der Waals surface area contributed by atoms with Crippen LogP contribution in [0, 0.1) is 5.92 Å². The summed E-state index contributed by atoms with van der Waals surface area (Å²) in [6.45, 7) is 2.89. The highest BCUT2D eigenvalue weighted by Gasteiger charge is 2.21. The summed E-state index contributed by atoms with van der Waals surface area (Å²) in [5, 5.41) is 15.5. The van der Waals surface area contributed by atoms with Gasteiger partial charge in [-0.05, 0) is 57.7 Å². The zero-order chi connectivity index (χ0) is 21.7. The van der Waals surface area contributed by atoms with E-state index in [1.165, 1.54) is 6.42 Å². The molecule has 27 heavy (non-hydrogen) atoms. The normalized spacial score (nSPS) is 18.1. The standard InChI is InChI=1S/C21H32N2O4/c1-21(2,3)27-20(26)22-13-12-18(24)16-10-7-11-17(14-16)23-19(25)15-8-5-4-6-9-15/h7,10-11,14-15,18,24H,4-6,8-9,12-13H2,1-3H3,(H,22,26)(H,23,25)/i13D2. The minimum absolute atomic E-state index is 0.0155. The van der Waals surface area contributed by atoms with Crippen LogP contribution < -0.4 is 10.6 Å². The van der Waals surface area contributed by atoms with E-state index >= 15 is 0 Å². The molecule has 1 unspecified atom stereocenters. The van der Waals surface area contributed by atoms with E-state index in [2.05, 4.69) is 10.6 Å². The number of rotatable bonds is 6. The predicted octanol–water partition coefficient (Wildman–Crippen LogP) is 4.15. The number of benzene rings is 1. The minimum Gasteiger partial charge on any atom is -0.444 e. The van der Waals surface area contributed by atoms with Gasteiger partial charge in [0, 0.05) is 20.8 Å². The minimum atomic E-state index is -2.16. The largest absolute Gasteiger partial charge is 0.444 e. The Balaban J connectivity index is 1.96. The Kier molecular flexibility index (Phi) is 6.60. The van der Waals surface area contributed by atoms with Gasteiger partial charge in [-0.3, -0.25) is 4.79 Å². The zero-order valence-corrected chi connectivity index (χ0v) is 16.4. The summed E-state index contributed by atoms with van der Waals surface area (Å²) < 4.78 is 21.0. The van der Waals surface area contributed by atoms with Crippen molar-refractivity contribution in [2.75, 3.05) is 11.8 Å². The third-order valence-electron chi connectivity index (χ3n) is 4.40. The Morgan fingerprint density at radius 2 is 2.00 bits per heavy atom. The van der Waals surface area contributed by atoms with E-state index in [4.69, 9.17) is 7.48 Å². The monoisotopic (exact) mass is 378 g/mol. The lowest BCUT2D eigenvalue weighted by molar-refractivity contribution is -0.120. The molecule has 2 rings (SSSR count). The van der Waals surface area contributed by atoms with Gasteiger partial charge in [0.2, 0.25) is 5.91 Å². The fourth-order valence-electron chi connectivity index (χ4n) is 3.07. The van der Waals surface area contributed by atoms with Crippen molar-refractivity contribution < 1.29 is 22.2 Å². The van der Waals surface area contributed by atoms with E-state index in [0.717, 1.165) is 25.7 Å². The van der Waals surface area contributed by atoms with Crippen molar-refractivity contribution in [3.63, 3.8) is 0 Å². The molecule has 0 aromatic heterocycles. The molecule has 6 nitrogen and oxygen atoms in total. The summed E-state index contributed by atoms with van der Waals surface area (Å²) in [5.41, 5.74) is 0.281. The van der Waals surface area contributed by atoms with Crippen LogP contribution in [0.2, 0.25) is 0 Å². The van der Waals surface area contributed by atoms with Crippen molar-refractivity contribution in [2.24, 2.45) is 5.92 Å². The number of ether oxygens (including phenoxy) is 1. The summed E-state index contributed by atoms with van der Waals surface area (Å²) in [4.78, 5) is 24.2. The third kappa shape index (κ3) is 7.59. The Morgan fingerprint density at radius 3 is 2.67 bits per heavy atom. The second-order valence-corrected chi connectivity index (χ2v) is 7.97. The van der Waals surface area contributed by atoms with E-state index in [0.29, 0.717) is 11.3 Å². The lowest BCUT2D eigenvalue weighted by atomic mass is 9.88. The van der Waals surface area contributed by atoms with Crippen LogP contribution in [-0.4, -0.2) is 29.2 Å². The molecule has 1 saturated carbocycles. The van der Waals surface area contributed by atoms with Gasteiger partial charge in [0.25, 0.3) is 0 Å². The van der Waals surface area contributed by atoms with Crippen LogP contribution in [0.3, 0.4) is 0 Å². The molecule has 0 saturated heterocycles. The number of carbonyl (C=O) groups excluding carboxylic acids is 2. The molecule has 2 amide bonds. The summed E-state index contributed by atoms with van der Waals surface area (Å²) in [5.74, 6) is 0.00255. The Morgan fingerprint density at radius 1 is 1.30 bits per heavy atom. The summed E-state index contributed by atoms with van der Waals surface area (Å²) in [7, 11) is 0. The van der Waals surface area contributed by atoms with Crippen LogP contribution in [0.1, 0.15) is 73.7 Å². The molecule has 1 aromatic rings. The molecular formula is C21H32N2O4. The topological polar surface area (TPSA) is 87.7 Å². The second-order valence-electron chi connectivity index (χ2n) is 7.97. The first kappa shape index (κ1) is 18.3. The van der Waals surface area contributed by atoms with E-state index < -0.39 is 24.3 Å². The van der Waals surface area contributed by atoms with Crippen LogP contribution in [-0.2, 0) is 9.53 Å². The number of carbonyl (C=O) groups is 2. The zero-order valence-electron chi connectivity index (χ0n) is 18.4. The van der Waals surface area contributed by atoms with Gasteiger partial charge in [0.05, 0.1) is 6.10 Å². The number of aliphatic hydroxyl groups is 1. The highest BCUT2D eigenvalue weighted by atomic mass is 16.6. The Labute approximate surface area is 164 Å². The molecule has 0 bridgehead atoms. The highest BCUT2D eigenvalue weighted by molar-refractivity contribution is 5.92. The van der Waals surface area contributed by atoms with Crippen molar-refractivity contribution in [1.82, 2.24) is 5.32 Å². The van der Waals surface area contributed by atoms with Gasteiger partial charge in [-0.1, -0.05) is 31.4 Å². The van der Waals surface area contributed by atoms with Crippen molar-refractivity contribution in [3.8, 4) is 0 Å². The predicted molar refractivity (Wildman–Crippen MR) is 105 cm³/mol. The SMILES string of the molecule is [2H]C([2H])(CC(O)c1cccc(NC(=O)C2CCCCC2)c1)NC(=O)OC(C)(C)C. The molecule has 150 valence electrons. The van der Waals surface area contributed by atoms with Crippen LogP contribution in [0.25, 0.3) is 0 Å². The molecule has 0 spiro atoms. The number of alkyl carbamates (subject to hydrolysis) is 1. The lowest BCUT2D eigenvalue weighted by Crippen LogP contribution is -2.33. The van der Waals surface area contributed by atoms with Gasteiger partial charge in [-0.2, -0.15) is 0 Å². The number of hydrogen-bond acceptors (Lipinski definition) is 4. The second kappa shape index (κ2) is 9.74. The molecule has 1 aliphatic carbocycles. The first-order valence-electron chi connectivity index (χ1n) is 10.6. The van der Waals surface area contributed by atoms with Gasteiger partial charge >= 0.3 is 6.09 Å². The maximum Gasteiger partial charge on any atom is 0.407 e. The van der Waals surface area contributed by atoms with Crippen LogP contribution in [0.15, 0.2) is 24.3 Å². The molecular weight excluding hydrogens is 344 g/mol. The average molecular weight is 379 g/mol. The Bertz CT molecular complexity index is 713. The molecule has 1 aromatic carbocycles. The van der Waals surface area contributed by atoms with Gasteiger partial charge in [-0.25, -0.2) is 4.79 Å². The maximum atomic E-state index is 12.4. The van der Waals surface area contributed by atoms with E-state index in [1.54, 1.807) is 45.0 Å². The quantitative estimate of drug-likeness (QED) is 0.694. The van der Waals surface area contributed by atoms with E-state index in [-0.39, 0.29) is 18.2 Å². The smallest absolute Gasteiger partial charge is 0.407 e. The van der Waals surface area contributed by atoms with Crippen molar-refractivity contribution >= 4 is 17.7 Å². The molecule has 1 atom stereocenters. The first-order valence-corrected chi connectivity index (χ1v) is 9.55. The molecule has 0 heterocycles. The number of nitrogens with one attached hydrogen (secondary N) is 2. The fourth-order valence-corrected chi connectivity index (χ4v) is 3.07. The van der Waals surface area contributed by atoms with Crippen LogP contribution in [0.4, 0.5) is 10.5 Å². The summed E-state index contributed by atoms with van der Waals surface area (Å²) in [6, 6.07) is 6.73. The molecule has 6 heteroatoms. The molecule has 3 N–H and O–H groups in total. The number of anilines is 1. The van der Waals surface area contributed by atoms with Gasteiger partial charge in [-0.15, -0.1) is 0 Å². The van der Waals surface area contributed by atoms with Gasteiger partial charge < -0.3 is 20.5 Å². The Hall–Kier alpha value is -2.08. The molecule has 1 aliphatic rings. The summed E-state index contributed by atoms with van der Waals surface area (Å²) in [6.07, 6.45) is 2.69. The highest BCUT2D eigenvalue weighted by Crippen LogP contribution is 2.26. The number of hydrogen-bond donors (Lipinski definition) is 3. The van der Waals surface area contributed by atoms with Crippen LogP contribution >= 0.6 is 0 Å². The van der Waals surface area contributed by atoms with Crippen molar-refractivity contribution in [1.29, 1.82) is 0 Å². The molecule has 1 fully saturated rings. The lowest BCUT2D eigenvalue weighted by Gasteiger charge is -2.21. The average Bonchev–Trinajstić information content (AvgIpc) is 2.60. The summed E-state index contributed by atoms with van der Waals surface area (Å²) >= 11 is 0. The van der Waals surface area contributed by atoms with E-state index in [9.17, 15) is 14.7 Å². The van der Waals surface area contributed by atoms with Crippen molar-refractivity contribution in [2.45, 2.75) is 71.0 Å². The number of amides is 2. The molecule has 0 aliphatic heterocycles. The number of aliphatic hydroxyl groups excluding tert-OH is 1. The van der Waals surface area contributed by atoms with Crippen LogP contribution in [0.5, 0.6) is 0 Å². The van der Waals surface area contributed by atoms with E-state index in [1.807, 2.05) is 0 Å². The maximum absolute atomic E-state index is 12.4. The van der Waals surface area contributed by atoms with Gasteiger partial charge in [0.1, 0.15) is 5.60 Å². The third-order valence-corrected chi connectivity index (χ3v) is 4.40.